The van der Waals surface area contributed by atoms with Gasteiger partial charge in [0.15, 0.2) is 0 Å². The Morgan fingerprint density at radius 1 is 1.33 bits per heavy atom. The van der Waals surface area contributed by atoms with Crippen molar-refractivity contribution in [3.63, 3.8) is 0 Å². The smallest absolute Gasteiger partial charge is 0.303 e. The Balaban J connectivity index is 1.66. The minimum absolute atomic E-state index is 0.0200. The summed E-state index contributed by atoms with van der Waals surface area (Å²) in [7, 11) is 0. The highest BCUT2D eigenvalue weighted by atomic mass is 32.2. The zero-order valence-electron chi connectivity index (χ0n) is 14.3. The van der Waals surface area contributed by atoms with Gasteiger partial charge in [0.05, 0.1) is 10.4 Å². The lowest BCUT2D eigenvalue weighted by molar-refractivity contribution is -0.137. The third-order valence-electron chi connectivity index (χ3n) is 4.76. The number of benzene rings is 1. The number of nitrogens with zero attached hydrogens (tertiary/aromatic N) is 2. The normalized spacial score (nSPS) is 17.5. The van der Waals surface area contributed by atoms with Gasteiger partial charge in [-0.15, -0.1) is 0 Å². The highest BCUT2D eigenvalue weighted by Gasteiger charge is 2.32. The summed E-state index contributed by atoms with van der Waals surface area (Å²) in [5, 5.41) is 9.73. The molecule has 2 aliphatic rings. The van der Waals surface area contributed by atoms with Crippen molar-refractivity contribution >= 4 is 57.2 Å². The molecule has 1 amide bonds. The van der Waals surface area contributed by atoms with Crippen molar-refractivity contribution in [3.05, 3.63) is 50.7 Å². The molecule has 0 saturated carbocycles. The maximum atomic E-state index is 12.8. The third-order valence-corrected chi connectivity index (χ3v) is 6.14. The quantitative estimate of drug-likeness (QED) is 0.614. The van der Waals surface area contributed by atoms with Crippen LogP contribution in [0.5, 0.6) is 0 Å². The predicted octanol–water partition coefficient (Wildman–Crippen LogP) is 2.62. The van der Waals surface area contributed by atoms with Gasteiger partial charge in [0, 0.05) is 25.1 Å². The standard InChI is InChI=1S/C19H16N2O4S2/c22-15(23)5-2-7-21-18(25)14(27-19(21)26)10-13-9-12-4-1-3-11-6-8-20(16(11)12)17(13)24/h1,3-4,9-10H,2,5-8H2,(H,22,23). The van der Waals surface area contributed by atoms with Crippen molar-refractivity contribution in [1.29, 1.82) is 0 Å². The zero-order valence-corrected chi connectivity index (χ0v) is 15.9. The molecule has 1 saturated heterocycles. The average Bonchev–Trinajstić information content (AvgIpc) is 3.17. The van der Waals surface area contributed by atoms with Gasteiger partial charge < -0.3 is 9.67 Å². The molecule has 8 heteroatoms. The summed E-state index contributed by atoms with van der Waals surface area (Å²) in [5.74, 6) is -1.18. The summed E-state index contributed by atoms with van der Waals surface area (Å²) in [5.41, 5.74) is 2.50. The van der Waals surface area contributed by atoms with Crippen molar-refractivity contribution in [1.82, 2.24) is 9.47 Å². The molecule has 1 aromatic heterocycles. The van der Waals surface area contributed by atoms with Gasteiger partial charge in [-0.2, -0.15) is 0 Å². The fraction of sp³-hybridized carbons (Fsp3) is 0.263. The topological polar surface area (TPSA) is 79.6 Å². The second-order valence-corrected chi connectivity index (χ2v) is 8.17. The maximum Gasteiger partial charge on any atom is 0.303 e. The number of hydrogen-bond donors (Lipinski definition) is 1. The van der Waals surface area contributed by atoms with E-state index in [9.17, 15) is 14.4 Å². The Bertz CT molecular complexity index is 1090. The van der Waals surface area contributed by atoms with Crippen LogP contribution in [0.1, 0.15) is 24.0 Å². The fourth-order valence-electron chi connectivity index (χ4n) is 3.52. The van der Waals surface area contributed by atoms with Gasteiger partial charge in [-0.3, -0.25) is 19.3 Å². The van der Waals surface area contributed by atoms with Crippen molar-refractivity contribution in [2.24, 2.45) is 0 Å². The number of carboxylic acid groups (broad SMARTS) is 1. The molecule has 0 radical (unpaired) electrons. The molecule has 0 spiro atoms. The summed E-state index contributed by atoms with van der Waals surface area (Å²) in [4.78, 5) is 37.9. The molecule has 0 aliphatic carbocycles. The molecular weight excluding hydrogens is 384 g/mol. The predicted molar refractivity (Wildman–Crippen MR) is 109 cm³/mol. The van der Waals surface area contributed by atoms with Crippen LogP contribution in [0.15, 0.2) is 34.0 Å². The zero-order chi connectivity index (χ0) is 19.1. The highest BCUT2D eigenvalue weighted by molar-refractivity contribution is 8.26. The number of aryl methyl sites for hydroxylation is 2. The number of thiocarbonyl (C=S) groups is 1. The first-order valence-electron chi connectivity index (χ1n) is 8.58. The van der Waals surface area contributed by atoms with Crippen LogP contribution in [0.2, 0.25) is 0 Å². The van der Waals surface area contributed by atoms with Crippen LogP contribution in [0.3, 0.4) is 0 Å². The SMILES string of the molecule is O=C(O)CCCN1C(=O)C(=Cc2cc3cccc4c3n(c2=O)CC4)SC1=S. The Morgan fingerprint density at radius 2 is 2.15 bits per heavy atom. The number of amides is 1. The Labute approximate surface area is 164 Å². The number of carbonyl (C=O) groups is 2. The molecule has 2 aromatic rings. The van der Waals surface area contributed by atoms with Gasteiger partial charge in [-0.05, 0) is 35.9 Å². The molecule has 0 unspecified atom stereocenters. The largest absolute Gasteiger partial charge is 0.481 e. The molecule has 4 rings (SSSR count). The van der Waals surface area contributed by atoms with E-state index in [0.29, 0.717) is 27.8 Å². The number of hydrogen-bond acceptors (Lipinski definition) is 5. The van der Waals surface area contributed by atoms with Gasteiger partial charge in [-0.25, -0.2) is 0 Å². The summed E-state index contributed by atoms with van der Waals surface area (Å²) in [6, 6.07) is 7.80. The van der Waals surface area contributed by atoms with E-state index in [2.05, 4.69) is 0 Å². The molecule has 1 aromatic carbocycles. The lowest BCUT2D eigenvalue weighted by Crippen LogP contribution is -2.29. The number of carbonyl (C=O) groups excluding carboxylic acids is 1. The number of thioether (sulfide) groups is 1. The number of para-hydroxylation sites is 1. The molecule has 27 heavy (non-hydrogen) atoms. The fourth-order valence-corrected chi connectivity index (χ4v) is 4.82. The van der Waals surface area contributed by atoms with E-state index in [1.54, 1.807) is 10.6 Å². The summed E-state index contributed by atoms with van der Waals surface area (Å²) in [6.07, 6.45) is 2.75. The lowest BCUT2D eigenvalue weighted by Gasteiger charge is -2.13. The minimum Gasteiger partial charge on any atom is -0.481 e. The Morgan fingerprint density at radius 3 is 2.93 bits per heavy atom. The second-order valence-electron chi connectivity index (χ2n) is 6.49. The van der Waals surface area contributed by atoms with E-state index in [4.69, 9.17) is 17.3 Å². The molecule has 0 bridgehead atoms. The van der Waals surface area contributed by atoms with Crippen LogP contribution in [0.4, 0.5) is 0 Å². The number of carboxylic acids is 1. The van der Waals surface area contributed by atoms with Crippen LogP contribution in [0.25, 0.3) is 17.0 Å². The highest BCUT2D eigenvalue weighted by Crippen LogP contribution is 2.33. The van der Waals surface area contributed by atoms with E-state index < -0.39 is 5.97 Å². The third kappa shape index (κ3) is 3.19. The monoisotopic (exact) mass is 400 g/mol. The van der Waals surface area contributed by atoms with Crippen LogP contribution in [-0.4, -0.2) is 37.3 Å². The van der Waals surface area contributed by atoms with Gasteiger partial charge in [-0.1, -0.05) is 42.2 Å². The number of rotatable bonds is 5. The van der Waals surface area contributed by atoms with Crippen molar-refractivity contribution in [2.45, 2.75) is 25.8 Å². The van der Waals surface area contributed by atoms with Gasteiger partial charge >= 0.3 is 5.97 Å². The number of aromatic nitrogens is 1. The molecule has 3 heterocycles. The van der Waals surface area contributed by atoms with Crippen molar-refractivity contribution < 1.29 is 14.7 Å². The average molecular weight is 400 g/mol. The first-order valence-corrected chi connectivity index (χ1v) is 9.81. The number of pyridine rings is 1. The molecule has 6 nitrogen and oxygen atoms in total. The molecule has 138 valence electrons. The second kappa shape index (κ2) is 6.94. The van der Waals surface area contributed by atoms with Gasteiger partial charge in [0.25, 0.3) is 11.5 Å². The van der Waals surface area contributed by atoms with E-state index in [-0.39, 0.29) is 24.4 Å². The molecule has 1 N–H and O–H groups in total. The van der Waals surface area contributed by atoms with E-state index in [1.165, 1.54) is 10.5 Å². The van der Waals surface area contributed by atoms with E-state index in [1.807, 2.05) is 24.3 Å². The van der Waals surface area contributed by atoms with Gasteiger partial charge in [0.2, 0.25) is 0 Å². The lowest BCUT2D eigenvalue weighted by atomic mass is 10.1. The van der Waals surface area contributed by atoms with Crippen LogP contribution in [-0.2, 0) is 22.6 Å². The van der Waals surface area contributed by atoms with E-state index >= 15 is 0 Å². The molecule has 1 fully saturated rings. The van der Waals surface area contributed by atoms with E-state index in [0.717, 1.165) is 29.1 Å². The molecular formula is C19H16N2O4S2. The van der Waals surface area contributed by atoms with Crippen LogP contribution in [0, 0.1) is 0 Å². The summed E-state index contributed by atoms with van der Waals surface area (Å²) >= 11 is 6.40. The number of aliphatic carboxylic acids is 1. The maximum absolute atomic E-state index is 12.8. The van der Waals surface area contributed by atoms with Gasteiger partial charge in [0.1, 0.15) is 4.32 Å². The summed E-state index contributed by atoms with van der Waals surface area (Å²) in [6.45, 7) is 0.909. The Hall–Kier alpha value is -2.45. The van der Waals surface area contributed by atoms with Crippen molar-refractivity contribution in [3.8, 4) is 0 Å². The minimum atomic E-state index is -0.905. The molecule has 0 atom stereocenters. The van der Waals surface area contributed by atoms with Crippen LogP contribution >= 0.6 is 24.0 Å². The van der Waals surface area contributed by atoms with Crippen molar-refractivity contribution in [2.75, 3.05) is 6.54 Å². The Kier molecular flexibility index (Phi) is 4.61. The first kappa shape index (κ1) is 17.9. The molecule has 2 aliphatic heterocycles. The summed E-state index contributed by atoms with van der Waals surface area (Å²) < 4.78 is 2.16. The first-order chi connectivity index (χ1) is 13.0. The van der Waals surface area contributed by atoms with Crippen LogP contribution < -0.4 is 5.56 Å².